The summed E-state index contributed by atoms with van der Waals surface area (Å²) in [6.07, 6.45) is 4.60. The third kappa shape index (κ3) is 4.48. The molecule has 3 heterocycles. The number of aromatic nitrogens is 1. The van der Waals surface area contributed by atoms with Crippen molar-refractivity contribution in [2.24, 2.45) is 0 Å². The zero-order valence-electron chi connectivity index (χ0n) is 17.2. The quantitative estimate of drug-likeness (QED) is 0.722. The van der Waals surface area contributed by atoms with Crippen LogP contribution in [0.25, 0.3) is 0 Å². The summed E-state index contributed by atoms with van der Waals surface area (Å²) in [7, 11) is 0. The van der Waals surface area contributed by atoms with E-state index in [9.17, 15) is 9.90 Å². The van der Waals surface area contributed by atoms with Gasteiger partial charge in [0.05, 0.1) is 18.9 Å². The van der Waals surface area contributed by atoms with Gasteiger partial charge in [0.15, 0.2) is 6.10 Å². The number of carboxylic acids is 1. The molecular formula is C23H28N2O5. The SMILES string of the molecule is Cc1cc(OC(c2ccccn2)C2CCCN2)ccc1CC1(C(=O)O)OCCCO1. The van der Waals surface area contributed by atoms with Crippen molar-refractivity contribution < 1.29 is 24.1 Å². The van der Waals surface area contributed by atoms with E-state index in [1.165, 1.54) is 0 Å². The second-order valence-electron chi connectivity index (χ2n) is 7.87. The number of carboxylic acid groups (broad SMARTS) is 1. The van der Waals surface area contributed by atoms with Crippen molar-refractivity contribution in [1.29, 1.82) is 0 Å². The minimum Gasteiger partial charge on any atom is -0.482 e. The zero-order chi connectivity index (χ0) is 21.0. The lowest BCUT2D eigenvalue weighted by molar-refractivity contribution is -0.265. The van der Waals surface area contributed by atoms with Gasteiger partial charge >= 0.3 is 5.97 Å². The third-order valence-corrected chi connectivity index (χ3v) is 5.73. The smallest absolute Gasteiger partial charge is 0.364 e. The van der Waals surface area contributed by atoms with E-state index in [1.807, 2.05) is 43.3 Å². The van der Waals surface area contributed by atoms with Crippen molar-refractivity contribution in [3.05, 3.63) is 59.4 Å². The molecule has 2 saturated heterocycles. The van der Waals surface area contributed by atoms with E-state index < -0.39 is 11.8 Å². The average molecular weight is 412 g/mol. The lowest BCUT2D eigenvalue weighted by atomic mass is 9.99. The first-order chi connectivity index (χ1) is 14.6. The van der Waals surface area contributed by atoms with Gasteiger partial charge < -0.3 is 24.6 Å². The largest absolute Gasteiger partial charge is 0.482 e. The van der Waals surface area contributed by atoms with Crippen molar-refractivity contribution in [3.8, 4) is 5.75 Å². The molecule has 7 heteroatoms. The van der Waals surface area contributed by atoms with Crippen LogP contribution < -0.4 is 10.1 Å². The van der Waals surface area contributed by atoms with Gasteiger partial charge in [0.1, 0.15) is 5.75 Å². The molecule has 30 heavy (non-hydrogen) atoms. The predicted molar refractivity (Wildman–Crippen MR) is 110 cm³/mol. The summed E-state index contributed by atoms with van der Waals surface area (Å²) >= 11 is 0. The fourth-order valence-electron chi connectivity index (χ4n) is 4.08. The van der Waals surface area contributed by atoms with E-state index >= 15 is 0 Å². The van der Waals surface area contributed by atoms with Gasteiger partial charge in [-0.1, -0.05) is 12.1 Å². The van der Waals surface area contributed by atoms with Crippen molar-refractivity contribution in [1.82, 2.24) is 10.3 Å². The average Bonchev–Trinajstić information content (AvgIpc) is 3.30. The Morgan fingerprint density at radius 1 is 1.30 bits per heavy atom. The van der Waals surface area contributed by atoms with Crippen molar-refractivity contribution in [3.63, 3.8) is 0 Å². The molecule has 2 aliphatic heterocycles. The molecule has 2 fully saturated rings. The first-order valence-corrected chi connectivity index (χ1v) is 10.5. The highest BCUT2D eigenvalue weighted by Crippen LogP contribution is 2.31. The van der Waals surface area contributed by atoms with Gasteiger partial charge in [-0.3, -0.25) is 4.98 Å². The fraction of sp³-hybridized carbons (Fsp3) is 0.478. The van der Waals surface area contributed by atoms with Crippen LogP contribution in [0.2, 0.25) is 0 Å². The first-order valence-electron chi connectivity index (χ1n) is 10.5. The fourth-order valence-corrected chi connectivity index (χ4v) is 4.08. The molecule has 2 atom stereocenters. The van der Waals surface area contributed by atoms with Crippen LogP contribution in [0.3, 0.4) is 0 Å². The Labute approximate surface area is 176 Å². The van der Waals surface area contributed by atoms with Gasteiger partial charge in [0.2, 0.25) is 0 Å². The molecule has 0 spiro atoms. The van der Waals surface area contributed by atoms with Gasteiger partial charge in [-0.05, 0) is 68.1 Å². The number of hydrogen-bond acceptors (Lipinski definition) is 6. The highest BCUT2D eigenvalue weighted by molar-refractivity contribution is 5.76. The van der Waals surface area contributed by atoms with E-state index in [4.69, 9.17) is 14.2 Å². The van der Waals surface area contributed by atoms with Gasteiger partial charge in [-0.25, -0.2) is 4.79 Å². The number of benzene rings is 1. The Bertz CT molecular complexity index is 861. The van der Waals surface area contributed by atoms with Gasteiger partial charge in [-0.15, -0.1) is 0 Å². The summed E-state index contributed by atoms with van der Waals surface area (Å²) in [6.45, 7) is 3.69. The van der Waals surface area contributed by atoms with Crippen LogP contribution in [0, 0.1) is 6.92 Å². The topological polar surface area (TPSA) is 89.9 Å². The molecule has 0 bridgehead atoms. The maximum absolute atomic E-state index is 11.8. The van der Waals surface area contributed by atoms with E-state index in [0.717, 1.165) is 42.0 Å². The van der Waals surface area contributed by atoms with Crippen molar-refractivity contribution >= 4 is 5.97 Å². The first kappa shape index (κ1) is 20.8. The number of aryl methyl sites for hydroxylation is 1. The van der Waals surface area contributed by atoms with Gasteiger partial charge in [-0.2, -0.15) is 0 Å². The van der Waals surface area contributed by atoms with E-state index in [1.54, 1.807) is 6.20 Å². The lowest BCUT2D eigenvalue weighted by Gasteiger charge is -2.33. The van der Waals surface area contributed by atoms with Crippen molar-refractivity contribution in [2.45, 2.75) is 50.5 Å². The third-order valence-electron chi connectivity index (χ3n) is 5.73. The monoisotopic (exact) mass is 412 g/mol. The molecule has 160 valence electrons. The number of aliphatic carboxylic acids is 1. The zero-order valence-corrected chi connectivity index (χ0v) is 17.2. The van der Waals surface area contributed by atoms with Crippen LogP contribution in [-0.2, 0) is 20.7 Å². The minimum atomic E-state index is -1.62. The van der Waals surface area contributed by atoms with Crippen LogP contribution in [0.1, 0.15) is 42.2 Å². The summed E-state index contributed by atoms with van der Waals surface area (Å²) in [5.74, 6) is -1.98. The van der Waals surface area contributed by atoms with Crippen molar-refractivity contribution in [2.75, 3.05) is 19.8 Å². The molecule has 0 saturated carbocycles. The summed E-state index contributed by atoms with van der Waals surface area (Å²) < 4.78 is 17.5. The summed E-state index contributed by atoms with van der Waals surface area (Å²) in [5, 5.41) is 13.2. The second-order valence-corrected chi connectivity index (χ2v) is 7.87. The Morgan fingerprint density at radius 2 is 2.13 bits per heavy atom. The molecule has 2 N–H and O–H groups in total. The maximum atomic E-state index is 11.8. The number of nitrogens with one attached hydrogen (secondary N) is 1. The normalized spacial score (nSPS) is 21.8. The number of nitrogens with zero attached hydrogens (tertiary/aromatic N) is 1. The number of rotatable bonds is 7. The Hall–Kier alpha value is -2.48. The molecule has 7 nitrogen and oxygen atoms in total. The van der Waals surface area contributed by atoms with Crippen LogP contribution in [0.4, 0.5) is 0 Å². The highest BCUT2D eigenvalue weighted by atomic mass is 16.7. The maximum Gasteiger partial charge on any atom is 0.364 e. The van der Waals surface area contributed by atoms with Crippen LogP contribution >= 0.6 is 0 Å². The van der Waals surface area contributed by atoms with Crippen LogP contribution in [0.15, 0.2) is 42.6 Å². The summed E-state index contributed by atoms with van der Waals surface area (Å²) in [4.78, 5) is 16.3. The molecule has 1 aromatic carbocycles. The number of pyridine rings is 1. The molecule has 0 aliphatic carbocycles. The molecule has 0 radical (unpaired) electrons. The second kappa shape index (κ2) is 9.12. The van der Waals surface area contributed by atoms with Crippen LogP contribution in [0.5, 0.6) is 5.75 Å². The van der Waals surface area contributed by atoms with E-state index in [-0.39, 0.29) is 18.6 Å². The molecule has 2 aliphatic rings. The minimum absolute atomic E-state index is 0.155. The molecule has 2 aromatic rings. The molecule has 4 rings (SSSR count). The molecule has 0 amide bonds. The Kier molecular flexibility index (Phi) is 6.32. The highest BCUT2D eigenvalue weighted by Gasteiger charge is 2.43. The summed E-state index contributed by atoms with van der Waals surface area (Å²) in [5.41, 5.74) is 2.69. The van der Waals surface area contributed by atoms with Crippen LogP contribution in [-0.4, -0.2) is 47.6 Å². The number of hydrogen-bond donors (Lipinski definition) is 2. The van der Waals surface area contributed by atoms with Gasteiger partial charge in [0, 0.05) is 18.7 Å². The Balaban J connectivity index is 1.54. The van der Waals surface area contributed by atoms with E-state index in [0.29, 0.717) is 19.6 Å². The molecule has 1 aromatic heterocycles. The molecular weight excluding hydrogens is 384 g/mol. The number of ether oxygens (including phenoxy) is 3. The molecule has 2 unspecified atom stereocenters. The standard InChI is InChI=1S/C23H28N2O5/c1-16-14-18(9-8-17(16)15-23(22(26)27)28-12-5-13-29-23)30-21(20-7-4-11-25-20)19-6-2-3-10-24-19/h2-3,6,8-10,14,20-21,25H,4-5,7,11-13,15H2,1H3,(H,26,27). The lowest BCUT2D eigenvalue weighted by Crippen LogP contribution is -2.49. The van der Waals surface area contributed by atoms with Gasteiger partial charge in [0.25, 0.3) is 5.79 Å². The summed E-state index contributed by atoms with van der Waals surface area (Å²) in [6, 6.07) is 11.8. The predicted octanol–water partition coefficient (Wildman–Crippen LogP) is 3.02. The van der Waals surface area contributed by atoms with E-state index in [2.05, 4.69) is 10.3 Å². The number of carbonyl (C=O) groups is 1. The Morgan fingerprint density at radius 3 is 2.77 bits per heavy atom.